The van der Waals surface area contributed by atoms with Gasteiger partial charge in [0.15, 0.2) is 0 Å². The first-order valence-corrected chi connectivity index (χ1v) is 6.78. The van der Waals surface area contributed by atoms with E-state index in [1.807, 2.05) is 0 Å². The molecule has 0 saturated carbocycles. The predicted octanol–water partition coefficient (Wildman–Crippen LogP) is 3.10. The molecule has 1 N–H and O–H groups in total. The van der Waals surface area contributed by atoms with Gasteiger partial charge in [-0.25, -0.2) is 0 Å². The molecule has 1 heterocycles. The van der Waals surface area contributed by atoms with Gasteiger partial charge < -0.3 is 14.8 Å². The molecule has 0 bridgehead atoms. The molecule has 0 unspecified atom stereocenters. The molecule has 104 valence electrons. The van der Waals surface area contributed by atoms with Gasteiger partial charge in [-0.05, 0) is 37.0 Å². The monoisotopic (exact) mass is 283 g/mol. The van der Waals surface area contributed by atoms with Crippen molar-refractivity contribution < 1.29 is 14.3 Å². The Morgan fingerprint density at radius 2 is 2.21 bits per heavy atom. The summed E-state index contributed by atoms with van der Waals surface area (Å²) < 4.78 is 10.3. The van der Waals surface area contributed by atoms with Gasteiger partial charge in [-0.3, -0.25) is 4.79 Å². The second-order valence-corrected chi connectivity index (χ2v) is 5.06. The summed E-state index contributed by atoms with van der Waals surface area (Å²) in [4.78, 5) is 11.9. The molecule has 1 aromatic carbocycles. The minimum Gasteiger partial charge on any atom is -0.495 e. The third-order valence-electron chi connectivity index (χ3n) is 3.25. The summed E-state index contributed by atoms with van der Waals surface area (Å²) in [5, 5.41) is 3.35. The lowest BCUT2D eigenvalue weighted by Crippen LogP contribution is -2.22. The SMILES string of the molecule is COc1ccc(NC(=O)CC2CCOCC2)cc1Cl. The van der Waals surface area contributed by atoms with E-state index in [1.54, 1.807) is 25.3 Å². The summed E-state index contributed by atoms with van der Waals surface area (Å²) in [6.45, 7) is 1.51. The van der Waals surface area contributed by atoms with Crippen LogP contribution in [0.2, 0.25) is 5.02 Å². The number of benzene rings is 1. The van der Waals surface area contributed by atoms with Gasteiger partial charge in [0.05, 0.1) is 12.1 Å². The van der Waals surface area contributed by atoms with Gasteiger partial charge in [0.1, 0.15) is 5.75 Å². The minimum absolute atomic E-state index is 0.0214. The molecular formula is C14H18ClNO3. The Hall–Kier alpha value is -1.26. The Morgan fingerprint density at radius 1 is 1.47 bits per heavy atom. The number of anilines is 1. The number of hydrogen-bond acceptors (Lipinski definition) is 3. The smallest absolute Gasteiger partial charge is 0.224 e. The molecule has 4 nitrogen and oxygen atoms in total. The van der Waals surface area contributed by atoms with Crippen LogP contribution in [0.5, 0.6) is 5.75 Å². The van der Waals surface area contributed by atoms with Crippen molar-refractivity contribution in [1.29, 1.82) is 0 Å². The van der Waals surface area contributed by atoms with Gasteiger partial charge in [-0.1, -0.05) is 11.6 Å². The molecule has 0 radical (unpaired) electrons. The number of methoxy groups -OCH3 is 1. The zero-order chi connectivity index (χ0) is 13.7. The first-order valence-electron chi connectivity index (χ1n) is 6.40. The second-order valence-electron chi connectivity index (χ2n) is 4.66. The first-order chi connectivity index (χ1) is 9.19. The number of carbonyl (C=O) groups excluding carboxylic acids is 1. The summed E-state index contributed by atoms with van der Waals surface area (Å²) in [7, 11) is 1.56. The number of rotatable bonds is 4. The standard InChI is InChI=1S/C14H18ClNO3/c1-18-13-3-2-11(9-12(13)15)16-14(17)8-10-4-6-19-7-5-10/h2-3,9-10H,4-8H2,1H3,(H,16,17). The normalized spacial score (nSPS) is 16.1. The predicted molar refractivity (Wildman–Crippen MR) is 74.8 cm³/mol. The van der Waals surface area contributed by atoms with Gasteiger partial charge in [-0.2, -0.15) is 0 Å². The molecule has 0 atom stereocenters. The zero-order valence-corrected chi connectivity index (χ0v) is 11.7. The van der Waals surface area contributed by atoms with Crippen LogP contribution in [0.1, 0.15) is 19.3 Å². The van der Waals surface area contributed by atoms with Gasteiger partial charge in [-0.15, -0.1) is 0 Å². The van der Waals surface area contributed by atoms with Crippen LogP contribution in [0.3, 0.4) is 0 Å². The van der Waals surface area contributed by atoms with E-state index in [0.717, 1.165) is 26.1 Å². The Kier molecular flexibility index (Phi) is 5.05. The van der Waals surface area contributed by atoms with E-state index >= 15 is 0 Å². The maximum atomic E-state index is 11.9. The average molecular weight is 284 g/mol. The maximum absolute atomic E-state index is 11.9. The molecular weight excluding hydrogens is 266 g/mol. The topological polar surface area (TPSA) is 47.6 Å². The molecule has 1 aliphatic rings. The summed E-state index contributed by atoms with van der Waals surface area (Å²) >= 11 is 6.01. The van der Waals surface area contributed by atoms with E-state index in [1.165, 1.54) is 0 Å². The summed E-state index contributed by atoms with van der Waals surface area (Å²) in [5.41, 5.74) is 0.697. The fourth-order valence-corrected chi connectivity index (χ4v) is 2.43. The summed E-state index contributed by atoms with van der Waals surface area (Å²) in [6.07, 6.45) is 2.45. The van der Waals surface area contributed by atoms with Crippen LogP contribution < -0.4 is 10.1 Å². The van der Waals surface area contributed by atoms with Crippen LogP contribution >= 0.6 is 11.6 Å². The Morgan fingerprint density at radius 3 is 2.84 bits per heavy atom. The zero-order valence-electron chi connectivity index (χ0n) is 10.9. The number of amides is 1. The number of ether oxygens (including phenoxy) is 2. The van der Waals surface area contributed by atoms with Gasteiger partial charge in [0.2, 0.25) is 5.91 Å². The number of halogens is 1. The third-order valence-corrected chi connectivity index (χ3v) is 3.55. The molecule has 1 aromatic rings. The highest BCUT2D eigenvalue weighted by molar-refractivity contribution is 6.32. The molecule has 5 heteroatoms. The Bertz CT molecular complexity index is 444. The quantitative estimate of drug-likeness (QED) is 0.924. The molecule has 1 fully saturated rings. The summed E-state index contributed by atoms with van der Waals surface area (Å²) in [6, 6.07) is 5.22. The lowest BCUT2D eigenvalue weighted by atomic mass is 9.96. The highest BCUT2D eigenvalue weighted by Crippen LogP contribution is 2.27. The van der Waals surface area contributed by atoms with Gasteiger partial charge >= 0.3 is 0 Å². The third kappa shape index (κ3) is 4.11. The van der Waals surface area contributed by atoms with Gasteiger partial charge in [0, 0.05) is 25.3 Å². The van der Waals surface area contributed by atoms with Crippen molar-refractivity contribution in [1.82, 2.24) is 0 Å². The number of carbonyl (C=O) groups is 1. The van der Waals surface area contributed by atoms with E-state index in [-0.39, 0.29) is 5.91 Å². The van der Waals surface area contributed by atoms with Crippen LogP contribution in [0, 0.1) is 5.92 Å². The van der Waals surface area contributed by atoms with Crippen molar-refractivity contribution in [2.75, 3.05) is 25.6 Å². The van der Waals surface area contributed by atoms with E-state index in [9.17, 15) is 4.79 Å². The molecule has 1 saturated heterocycles. The molecule has 0 aromatic heterocycles. The Balaban J connectivity index is 1.89. The Labute approximate surface area is 118 Å². The first kappa shape index (κ1) is 14.2. The van der Waals surface area contributed by atoms with E-state index in [4.69, 9.17) is 21.1 Å². The van der Waals surface area contributed by atoms with Crippen LogP contribution in [0.15, 0.2) is 18.2 Å². The van der Waals surface area contributed by atoms with E-state index < -0.39 is 0 Å². The summed E-state index contributed by atoms with van der Waals surface area (Å²) in [5.74, 6) is 1.04. The lowest BCUT2D eigenvalue weighted by molar-refractivity contribution is -0.117. The van der Waals surface area contributed by atoms with E-state index in [2.05, 4.69) is 5.32 Å². The van der Waals surface area contributed by atoms with Crippen LogP contribution in [0.25, 0.3) is 0 Å². The molecule has 1 aliphatic heterocycles. The molecule has 2 rings (SSSR count). The molecule has 19 heavy (non-hydrogen) atoms. The highest BCUT2D eigenvalue weighted by atomic mass is 35.5. The van der Waals surface area contributed by atoms with Crippen LogP contribution in [-0.4, -0.2) is 26.2 Å². The molecule has 0 aliphatic carbocycles. The van der Waals surface area contributed by atoms with Crippen molar-refractivity contribution in [2.45, 2.75) is 19.3 Å². The number of hydrogen-bond donors (Lipinski definition) is 1. The van der Waals surface area contributed by atoms with E-state index in [0.29, 0.717) is 28.8 Å². The maximum Gasteiger partial charge on any atom is 0.224 e. The lowest BCUT2D eigenvalue weighted by Gasteiger charge is -2.21. The van der Waals surface area contributed by atoms with Gasteiger partial charge in [0.25, 0.3) is 0 Å². The number of nitrogens with one attached hydrogen (secondary N) is 1. The average Bonchev–Trinajstić information content (AvgIpc) is 2.40. The van der Waals surface area contributed by atoms with Crippen LogP contribution in [-0.2, 0) is 9.53 Å². The van der Waals surface area contributed by atoms with Crippen molar-refractivity contribution in [3.05, 3.63) is 23.2 Å². The van der Waals surface area contributed by atoms with Crippen molar-refractivity contribution >= 4 is 23.2 Å². The molecule has 1 amide bonds. The molecule has 0 spiro atoms. The fraction of sp³-hybridized carbons (Fsp3) is 0.500. The van der Waals surface area contributed by atoms with Crippen molar-refractivity contribution in [3.63, 3.8) is 0 Å². The minimum atomic E-state index is 0.0214. The second kappa shape index (κ2) is 6.78. The van der Waals surface area contributed by atoms with Crippen molar-refractivity contribution in [2.24, 2.45) is 5.92 Å². The fourth-order valence-electron chi connectivity index (χ4n) is 2.17. The van der Waals surface area contributed by atoms with Crippen molar-refractivity contribution in [3.8, 4) is 5.75 Å². The highest BCUT2D eigenvalue weighted by Gasteiger charge is 2.17. The largest absolute Gasteiger partial charge is 0.495 e. The van der Waals surface area contributed by atoms with Crippen LogP contribution in [0.4, 0.5) is 5.69 Å².